The lowest BCUT2D eigenvalue weighted by Crippen LogP contribution is -2.56. The minimum atomic E-state index is -3.38. The van der Waals surface area contributed by atoms with Crippen LogP contribution in [-0.2, 0) is 19.7 Å². The number of hydrogen-bond acceptors (Lipinski definition) is 4. The van der Waals surface area contributed by atoms with E-state index >= 15 is 0 Å². The van der Waals surface area contributed by atoms with Crippen LogP contribution in [0, 0.1) is 0 Å². The molecule has 6 nitrogen and oxygen atoms in total. The lowest BCUT2D eigenvalue weighted by Gasteiger charge is -2.39. The third kappa shape index (κ3) is 3.03. The first-order chi connectivity index (χ1) is 8.39. The fraction of sp³-hybridized carbons (Fsp3) is 1.00. The van der Waals surface area contributed by atoms with E-state index in [1.165, 1.54) is 8.61 Å². The molecule has 2 aliphatic rings. The van der Waals surface area contributed by atoms with Crippen molar-refractivity contribution in [3.63, 3.8) is 0 Å². The molecule has 0 bridgehead atoms. The Morgan fingerprint density at radius 2 is 1.50 bits per heavy atom. The smallest absolute Gasteiger partial charge is 0.282 e. The Kier molecular flexibility index (Phi) is 4.28. The molecule has 18 heavy (non-hydrogen) atoms. The molecular formula is C11H22N2O4S. The molecule has 0 saturated carbocycles. The molecule has 3 atom stereocenters. The molecule has 2 fully saturated rings. The van der Waals surface area contributed by atoms with Gasteiger partial charge in [-0.2, -0.15) is 17.0 Å². The van der Waals surface area contributed by atoms with Crippen LogP contribution >= 0.6 is 0 Å². The molecule has 0 aromatic carbocycles. The topological polar surface area (TPSA) is 59.1 Å². The molecule has 3 unspecified atom stereocenters. The molecule has 2 aliphatic heterocycles. The van der Waals surface area contributed by atoms with E-state index in [4.69, 9.17) is 9.47 Å². The van der Waals surface area contributed by atoms with Crippen LogP contribution in [-0.4, -0.2) is 68.1 Å². The molecule has 2 heterocycles. The molecule has 0 amide bonds. The molecular weight excluding hydrogens is 256 g/mol. The predicted octanol–water partition coefficient (Wildman–Crippen LogP) is 0.0611. The third-order valence-electron chi connectivity index (χ3n) is 3.24. The van der Waals surface area contributed by atoms with Crippen molar-refractivity contribution in [1.82, 2.24) is 8.61 Å². The standard InChI is InChI=1S/C11H22N2O4S/c1-9-6-12(4-5-16-9)18(14,15)13-7-10(2)17-11(3)8-13/h9-11H,4-8H2,1-3H3. The van der Waals surface area contributed by atoms with Crippen molar-refractivity contribution in [1.29, 1.82) is 0 Å². The Bertz CT molecular complexity index is 377. The highest BCUT2D eigenvalue weighted by Gasteiger charge is 2.36. The number of hydrogen-bond donors (Lipinski definition) is 0. The second-order valence-corrected chi connectivity index (χ2v) is 7.05. The van der Waals surface area contributed by atoms with Crippen LogP contribution in [0.15, 0.2) is 0 Å². The largest absolute Gasteiger partial charge is 0.376 e. The van der Waals surface area contributed by atoms with Crippen LogP contribution in [0.2, 0.25) is 0 Å². The van der Waals surface area contributed by atoms with Gasteiger partial charge in [0.25, 0.3) is 10.2 Å². The van der Waals surface area contributed by atoms with Crippen LogP contribution in [0.1, 0.15) is 20.8 Å². The minimum absolute atomic E-state index is 0.0376. The molecule has 0 spiro atoms. The molecule has 7 heteroatoms. The average Bonchev–Trinajstić information content (AvgIpc) is 2.27. The number of ether oxygens (including phenoxy) is 2. The Balaban J connectivity index is 2.09. The summed E-state index contributed by atoms with van der Waals surface area (Å²) in [5, 5.41) is 0. The summed E-state index contributed by atoms with van der Waals surface area (Å²) in [7, 11) is -3.38. The molecule has 0 N–H and O–H groups in total. The first-order valence-electron chi connectivity index (χ1n) is 6.42. The maximum absolute atomic E-state index is 12.5. The summed E-state index contributed by atoms with van der Waals surface area (Å²) in [4.78, 5) is 0. The highest BCUT2D eigenvalue weighted by atomic mass is 32.2. The van der Waals surface area contributed by atoms with E-state index in [0.29, 0.717) is 32.8 Å². The molecule has 106 valence electrons. The zero-order chi connectivity index (χ0) is 13.3. The van der Waals surface area contributed by atoms with Gasteiger partial charge in [-0.05, 0) is 20.8 Å². The number of morpholine rings is 2. The van der Waals surface area contributed by atoms with Gasteiger partial charge in [-0.15, -0.1) is 0 Å². The Labute approximate surface area is 109 Å². The molecule has 0 aromatic rings. The molecule has 2 rings (SSSR count). The maximum Gasteiger partial charge on any atom is 0.282 e. The maximum atomic E-state index is 12.5. The highest BCUT2D eigenvalue weighted by Crippen LogP contribution is 2.19. The van der Waals surface area contributed by atoms with E-state index in [9.17, 15) is 8.42 Å². The van der Waals surface area contributed by atoms with E-state index in [-0.39, 0.29) is 18.3 Å². The van der Waals surface area contributed by atoms with Gasteiger partial charge in [0.15, 0.2) is 0 Å². The van der Waals surface area contributed by atoms with Crippen LogP contribution < -0.4 is 0 Å². The Morgan fingerprint density at radius 3 is 2.06 bits per heavy atom. The van der Waals surface area contributed by atoms with Crippen LogP contribution in [0.5, 0.6) is 0 Å². The van der Waals surface area contributed by atoms with Crippen LogP contribution in [0.3, 0.4) is 0 Å². The summed E-state index contributed by atoms with van der Waals surface area (Å²) >= 11 is 0. The summed E-state index contributed by atoms with van der Waals surface area (Å²) < 4.78 is 39.0. The molecule has 0 aromatic heterocycles. The molecule has 0 radical (unpaired) electrons. The van der Waals surface area contributed by atoms with Crippen LogP contribution in [0.4, 0.5) is 0 Å². The quantitative estimate of drug-likeness (QED) is 0.717. The van der Waals surface area contributed by atoms with E-state index in [1.54, 1.807) is 0 Å². The van der Waals surface area contributed by atoms with E-state index in [2.05, 4.69) is 0 Å². The van der Waals surface area contributed by atoms with Gasteiger partial charge < -0.3 is 9.47 Å². The average molecular weight is 278 g/mol. The van der Waals surface area contributed by atoms with Crippen LogP contribution in [0.25, 0.3) is 0 Å². The van der Waals surface area contributed by atoms with Crippen molar-refractivity contribution in [2.75, 3.05) is 32.8 Å². The summed E-state index contributed by atoms with van der Waals surface area (Å²) in [5.74, 6) is 0. The zero-order valence-electron chi connectivity index (χ0n) is 11.2. The van der Waals surface area contributed by atoms with Crippen molar-refractivity contribution in [3.8, 4) is 0 Å². The SMILES string of the molecule is CC1CN(S(=O)(=O)N2CC(C)OC(C)C2)CCO1. The van der Waals surface area contributed by atoms with Gasteiger partial charge in [0, 0.05) is 26.2 Å². The summed E-state index contributed by atoms with van der Waals surface area (Å²) in [6.45, 7) is 7.90. The summed E-state index contributed by atoms with van der Waals surface area (Å²) in [5.41, 5.74) is 0. The normalized spacial score (nSPS) is 36.7. The fourth-order valence-electron chi connectivity index (χ4n) is 2.48. The molecule has 0 aliphatic carbocycles. The number of rotatable bonds is 2. The van der Waals surface area contributed by atoms with Gasteiger partial charge in [0.2, 0.25) is 0 Å². The second-order valence-electron chi connectivity index (χ2n) is 5.12. The van der Waals surface area contributed by atoms with E-state index < -0.39 is 10.2 Å². The van der Waals surface area contributed by atoms with Gasteiger partial charge in [0.1, 0.15) is 0 Å². The Hall–Kier alpha value is -0.210. The predicted molar refractivity (Wildman–Crippen MR) is 67.5 cm³/mol. The van der Waals surface area contributed by atoms with Crippen molar-refractivity contribution < 1.29 is 17.9 Å². The van der Waals surface area contributed by atoms with Gasteiger partial charge in [-0.3, -0.25) is 0 Å². The highest BCUT2D eigenvalue weighted by molar-refractivity contribution is 7.86. The van der Waals surface area contributed by atoms with Gasteiger partial charge in [0.05, 0.1) is 24.9 Å². The lowest BCUT2D eigenvalue weighted by atomic mass is 10.3. The zero-order valence-corrected chi connectivity index (χ0v) is 12.0. The lowest BCUT2D eigenvalue weighted by molar-refractivity contribution is -0.0476. The monoisotopic (exact) mass is 278 g/mol. The third-order valence-corrected chi connectivity index (χ3v) is 5.18. The number of nitrogens with zero attached hydrogens (tertiary/aromatic N) is 2. The van der Waals surface area contributed by atoms with Crippen molar-refractivity contribution in [2.24, 2.45) is 0 Å². The van der Waals surface area contributed by atoms with Gasteiger partial charge in [-0.25, -0.2) is 0 Å². The fourth-order valence-corrected chi connectivity index (χ4v) is 4.31. The van der Waals surface area contributed by atoms with Gasteiger partial charge >= 0.3 is 0 Å². The van der Waals surface area contributed by atoms with Crippen molar-refractivity contribution >= 4 is 10.2 Å². The van der Waals surface area contributed by atoms with Crippen molar-refractivity contribution in [2.45, 2.75) is 39.1 Å². The van der Waals surface area contributed by atoms with Gasteiger partial charge in [-0.1, -0.05) is 0 Å². The molecule has 2 saturated heterocycles. The summed E-state index contributed by atoms with van der Waals surface area (Å²) in [6, 6.07) is 0. The van der Waals surface area contributed by atoms with Crippen molar-refractivity contribution in [3.05, 3.63) is 0 Å². The first kappa shape index (κ1) is 14.2. The van der Waals surface area contributed by atoms with E-state index in [0.717, 1.165) is 0 Å². The Morgan fingerprint density at radius 1 is 0.944 bits per heavy atom. The minimum Gasteiger partial charge on any atom is -0.376 e. The first-order valence-corrected chi connectivity index (χ1v) is 7.81. The van der Waals surface area contributed by atoms with E-state index in [1.807, 2.05) is 20.8 Å². The second kappa shape index (κ2) is 5.42. The summed E-state index contributed by atoms with van der Waals surface area (Å²) in [6.07, 6.45) is -0.145.